The normalized spacial score (nSPS) is 11.0. The number of carbonyl (C=O) groups is 1. The summed E-state index contributed by atoms with van der Waals surface area (Å²) in [6.45, 7) is 2.40. The zero-order valence-electron chi connectivity index (χ0n) is 14.7. The molecule has 0 aliphatic heterocycles. The number of hydrogen-bond acceptors (Lipinski definition) is 5. The first-order chi connectivity index (χ1) is 13.5. The van der Waals surface area contributed by atoms with E-state index in [0.717, 1.165) is 10.9 Å². The fourth-order valence-electron chi connectivity index (χ4n) is 2.70. The van der Waals surface area contributed by atoms with Gasteiger partial charge in [-0.05, 0) is 31.2 Å². The van der Waals surface area contributed by atoms with Gasteiger partial charge in [0, 0.05) is 16.3 Å². The minimum Gasteiger partial charge on any atom is -0.490 e. The Morgan fingerprint density at radius 2 is 2.07 bits per heavy atom. The molecule has 2 aromatic carbocycles. The van der Waals surface area contributed by atoms with E-state index in [1.54, 1.807) is 24.3 Å². The summed E-state index contributed by atoms with van der Waals surface area (Å²) in [4.78, 5) is 17.0. The number of carbonyl (C=O) groups excluding carboxylic acids is 1. The van der Waals surface area contributed by atoms with Crippen LogP contribution in [0.1, 0.15) is 17.5 Å². The van der Waals surface area contributed by atoms with Crippen molar-refractivity contribution in [1.29, 1.82) is 0 Å². The van der Waals surface area contributed by atoms with Crippen LogP contribution in [0.5, 0.6) is 5.75 Å². The topological polar surface area (TPSA) is 64.4 Å². The van der Waals surface area contributed by atoms with E-state index in [-0.39, 0.29) is 11.7 Å². The van der Waals surface area contributed by atoms with Crippen molar-refractivity contribution in [2.24, 2.45) is 0 Å². The number of thiazole rings is 1. The average Bonchev–Trinajstić information content (AvgIpc) is 3.32. The molecular formula is C20H14Cl2N2O3S. The minimum atomic E-state index is -0.381. The third-order valence-corrected chi connectivity index (χ3v) is 5.47. The Kier molecular flexibility index (Phi) is 5.26. The number of fused-ring (bicyclic) bond motifs is 1. The van der Waals surface area contributed by atoms with Crippen LogP contribution in [-0.4, -0.2) is 17.5 Å². The summed E-state index contributed by atoms with van der Waals surface area (Å²) in [6, 6.07) is 12.5. The maximum absolute atomic E-state index is 12.6. The molecular weight excluding hydrogens is 419 g/mol. The smallest absolute Gasteiger partial charge is 0.293 e. The molecule has 0 aliphatic rings. The fourth-order valence-corrected chi connectivity index (χ4v) is 3.71. The molecule has 1 amide bonds. The van der Waals surface area contributed by atoms with Crippen molar-refractivity contribution in [3.8, 4) is 17.0 Å². The molecule has 0 bridgehead atoms. The number of furan rings is 1. The zero-order valence-corrected chi connectivity index (χ0v) is 17.0. The number of benzene rings is 2. The number of anilines is 1. The number of nitrogens with one attached hydrogen (secondary N) is 1. The lowest BCUT2D eigenvalue weighted by Gasteiger charge is -2.02. The highest BCUT2D eigenvalue weighted by molar-refractivity contribution is 7.14. The molecule has 4 aromatic rings. The number of amides is 1. The van der Waals surface area contributed by atoms with Crippen molar-refractivity contribution < 1.29 is 13.9 Å². The number of aromatic nitrogens is 1. The molecule has 8 heteroatoms. The number of nitrogens with zero attached hydrogens (tertiary/aromatic N) is 1. The lowest BCUT2D eigenvalue weighted by atomic mass is 10.2. The molecule has 5 nitrogen and oxygen atoms in total. The number of rotatable bonds is 5. The van der Waals surface area contributed by atoms with E-state index >= 15 is 0 Å². The molecule has 1 N–H and O–H groups in total. The van der Waals surface area contributed by atoms with Crippen LogP contribution < -0.4 is 10.1 Å². The molecule has 2 aromatic heterocycles. The van der Waals surface area contributed by atoms with E-state index in [1.807, 2.05) is 30.5 Å². The Morgan fingerprint density at radius 3 is 2.86 bits per heavy atom. The second-order valence-electron chi connectivity index (χ2n) is 5.84. The lowest BCUT2D eigenvalue weighted by molar-refractivity contribution is 0.0998. The van der Waals surface area contributed by atoms with Crippen molar-refractivity contribution in [3.05, 3.63) is 63.7 Å². The van der Waals surface area contributed by atoms with Gasteiger partial charge in [-0.2, -0.15) is 0 Å². The van der Waals surface area contributed by atoms with Crippen molar-refractivity contribution in [3.63, 3.8) is 0 Å². The van der Waals surface area contributed by atoms with E-state index in [2.05, 4.69) is 10.3 Å². The molecule has 0 radical (unpaired) electrons. The molecule has 142 valence electrons. The summed E-state index contributed by atoms with van der Waals surface area (Å²) in [5.74, 6) is 0.414. The van der Waals surface area contributed by atoms with Crippen LogP contribution in [0.15, 0.2) is 52.3 Å². The molecule has 2 heterocycles. The first-order valence-electron chi connectivity index (χ1n) is 8.43. The third kappa shape index (κ3) is 3.71. The zero-order chi connectivity index (χ0) is 19.7. The molecule has 0 spiro atoms. The summed E-state index contributed by atoms with van der Waals surface area (Å²) in [5.41, 5.74) is 2.06. The predicted octanol–water partition coefficient (Wildman–Crippen LogP) is 6.51. The van der Waals surface area contributed by atoms with Crippen LogP contribution in [-0.2, 0) is 0 Å². The quantitative estimate of drug-likeness (QED) is 0.390. The van der Waals surface area contributed by atoms with Gasteiger partial charge in [0.25, 0.3) is 5.91 Å². The van der Waals surface area contributed by atoms with Crippen molar-refractivity contribution in [2.75, 3.05) is 11.9 Å². The summed E-state index contributed by atoms with van der Waals surface area (Å²) in [7, 11) is 0. The van der Waals surface area contributed by atoms with Crippen molar-refractivity contribution in [2.45, 2.75) is 6.92 Å². The van der Waals surface area contributed by atoms with E-state index in [0.29, 0.717) is 38.8 Å². The first-order valence-corrected chi connectivity index (χ1v) is 10.1. The van der Waals surface area contributed by atoms with E-state index in [4.69, 9.17) is 32.4 Å². The van der Waals surface area contributed by atoms with Gasteiger partial charge in [-0.25, -0.2) is 4.98 Å². The van der Waals surface area contributed by atoms with Crippen LogP contribution in [0.4, 0.5) is 5.13 Å². The van der Waals surface area contributed by atoms with Gasteiger partial charge in [0.2, 0.25) is 0 Å². The maximum Gasteiger partial charge on any atom is 0.293 e. The molecule has 0 unspecified atom stereocenters. The van der Waals surface area contributed by atoms with Crippen molar-refractivity contribution in [1.82, 2.24) is 4.98 Å². The molecule has 0 aliphatic carbocycles. The Labute approximate surface area is 174 Å². The van der Waals surface area contributed by atoms with Gasteiger partial charge in [-0.1, -0.05) is 41.4 Å². The number of ether oxygens (including phenoxy) is 1. The molecule has 4 rings (SSSR count). The highest BCUT2D eigenvalue weighted by Gasteiger charge is 2.17. The fraction of sp³-hybridized carbons (Fsp3) is 0.100. The van der Waals surface area contributed by atoms with Gasteiger partial charge < -0.3 is 9.15 Å². The largest absolute Gasteiger partial charge is 0.490 e. The SMILES string of the molecule is CCOc1cccc2cc(C(=O)Nc3nc(-c4ccc(Cl)c(Cl)c4)cs3)oc12. The Balaban J connectivity index is 1.56. The summed E-state index contributed by atoms with van der Waals surface area (Å²) < 4.78 is 11.3. The number of hydrogen-bond donors (Lipinski definition) is 1. The van der Waals surface area contributed by atoms with Crippen molar-refractivity contribution >= 4 is 56.5 Å². The van der Waals surface area contributed by atoms with Gasteiger partial charge in [-0.3, -0.25) is 10.1 Å². The third-order valence-electron chi connectivity index (χ3n) is 3.97. The Hall–Kier alpha value is -2.54. The van der Waals surface area contributed by atoms with E-state index in [9.17, 15) is 4.79 Å². The van der Waals surface area contributed by atoms with Crippen LogP contribution in [0.25, 0.3) is 22.2 Å². The summed E-state index contributed by atoms with van der Waals surface area (Å²) in [6.07, 6.45) is 0. The number of para-hydroxylation sites is 1. The van der Waals surface area contributed by atoms with Crippen LogP contribution in [0, 0.1) is 0 Å². The van der Waals surface area contributed by atoms with Crippen LogP contribution >= 0.6 is 34.5 Å². The summed E-state index contributed by atoms with van der Waals surface area (Å²) >= 11 is 13.3. The molecule has 28 heavy (non-hydrogen) atoms. The second-order valence-corrected chi connectivity index (χ2v) is 7.51. The highest BCUT2D eigenvalue weighted by atomic mass is 35.5. The van der Waals surface area contributed by atoms with Crippen LogP contribution in [0.3, 0.4) is 0 Å². The maximum atomic E-state index is 12.6. The van der Waals surface area contributed by atoms with Crippen LogP contribution in [0.2, 0.25) is 10.0 Å². The standard InChI is InChI=1S/C20H14Cl2N2O3S/c1-2-26-16-5-3-4-12-9-17(27-18(12)16)19(25)24-20-23-15(10-28-20)11-6-7-13(21)14(22)8-11/h3-10H,2H2,1H3,(H,23,24,25). The predicted molar refractivity (Wildman–Crippen MR) is 113 cm³/mol. The van der Waals surface area contributed by atoms with Gasteiger partial charge >= 0.3 is 0 Å². The monoisotopic (exact) mass is 432 g/mol. The Morgan fingerprint density at radius 1 is 1.21 bits per heavy atom. The van der Waals surface area contributed by atoms with E-state index < -0.39 is 0 Å². The van der Waals surface area contributed by atoms with Gasteiger partial charge in [0.05, 0.1) is 22.3 Å². The van der Waals surface area contributed by atoms with Gasteiger partial charge in [0.15, 0.2) is 22.2 Å². The van der Waals surface area contributed by atoms with Gasteiger partial charge in [-0.15, -0.1) is 11.3 Å². The molecule has 0 fully saturated rings. The molecule has 0 atom stereocenters. The summed E-state index contributed by atoms with van der Waals surface area (Å²) in [5, 5.41) is 6.78. The minimum absolute atomic E-state index is 0.188. The first kappa shape index (κ1) is 18.8. The molecule has 0 saturated heterocycles. The highest BCUT2D eigenvalue weighted by Crippen LogP contribution is 2.32. The van der Waals surface area contributed by atoms with E-state index in [1.165, 1.54) is 11.3 Å². The second kappa shape index (κ2) is 7.83. The average molecular weight is 433 g/mol. The lowest BCUT2D eigenvalue weighted by Crippen LogP contribution is -2.10. The van der Waals surface area contributed by atoms with Gasteiger partial charge in [0.1, 0.15) is 0 Å². The number of halogens is 2. The Bertz CT molecular complexity index is 1170. The molecule has 0 saturated carbocycles.